The first-order valence-electron chi connectivity index (χ1n) is 7.80. The van der Waals surface area contributed by atoms with Crippen LogP contribution in [0.15, 0.2) is 54.7 Å². The number of pyridine rings is 1. The van der Waals surface area contributed by atoms with E-state index < -0.39 is 17.5 Å². The summed E-state index contributed by atoms with van der Waals surface area (Å²) in [6.45, 7) is 0. The molecule has 8 heteroatoms. The Morgan fingerprint density at radius 2 is 1.85 bits per heavy atom. The standard InChI is InChI=1S/C19H14ClF2N3O2/c1-27-17-8-5-11(20)9-16(17)25-19(26)15-7-6-12(10-23-15)24-18-13(21)3-2-4-14(18)22/h2-10,24H,1H3,(H,25,26). The van der Waals surface area contributed by atoms with E-state index in [4.69, 9.17) is 16.3 Å². The van der Waals surface area contributed by atoms with Crippen LogP contribution in [0.5, 0.6) is 5.75 Å². The Morgan fingerprint density at radius 3 is 2.48 bits per heavy atom. The van der Waals surface area contributed by atoms with Crippen molar-refractivity contribution in [2.24, 2.45) is 0 Å². The molecule has 0 aliphatic rings. The second-order valence-corrected chi connectivity index (χ2v) is 5.89. The van der Waals surface area contributed by atoms with E-state index in [1.165, 1.54) is 31.5 Å². The lowest BCUT2D eigenvalue weighted by molar-refractivity contribution is 0.102. The molecule has 2 N–H and O–H groups in total. The first-order chi connectivity index (χ1) is 13.0. The third-order valence-electron chi connectivity index (χ3n) is 3.64. The van der Waals surface area contributed by atoms with Crippen molar-refractivity contribution in [1.29, 1.82) is 0 Å². The molecule has 1 heterocycles. The number of hydrogen-bond donors (Lipinski definition) is 2. The van der Waals surface area contributed by atoms with Gasteiger partial charge in [-0.05, 0) is 42.5 Å². The number of ether oxygens (including phenoxy) is 1. The summed E-state index contributed by atoms with van der Waals surface area (Å²) >= 11 is 5.93. The van der Waals surface area contributed by atoms with E-state index in [0.717, 1.165) is 12.1 Å². The molecule has 5 nitrogen and oxygen atoms in total. The summed E-state index contributed by atoms with van der Waals surface area (Å²) in [6.07, 6.45) is 1.30. The number of amides is 1. The minimum Gasteiger partial charge on any atom is -0.495 e. The lowest BCUT2D eigenvalue weighted by atomic mass is 10.2. The van der Waals surface area contributed by atoms with Gasteiger partial charge in [-0.15, -0.1) is 0 Å². The zero-order chi connectivity index (χ0) is 19.4. The normalized spacial score (nSPS) is 10.4. The number of carbonyl (C=O) groups is 1. The second-order valence-electron chi connectivity index (χ2n) is 5.45. The van der Waals surface area contributed by atoms with Gasteiger partial charge in [-0.2, -0.15) is 0 Å². The molecule has 2 aromatic carbocycles. The number of rotatable bonds is 5. The van der Waals surface area contributed by atoms with E-state index in [9.17, 15) is 13.6 Å². The van der Waals surface area contributed by atoms with Gasteiger partial charge in [-0.25, -0.2) is 13.8 Å². The molecule has 1 aromatic heterocycles. The van der Waals surface area contributed by atoms with Crippen molar-refractivity contribution in [2.45, 2.75) is 0 Å². The molecule has 0 aliphatic heterocycles. The number of carbonyl (C=O) groups excluding carboxylic acids is 1. The van der Waals surface area contributed by atoms with Crippen LogP contribution < -0.4 is 15.4 Å². The monoisotopic (exact) mass is 389 g/mol. The lowest BCUT2D eigenvalue weighted by Gasteiger charge is -2.11. The zero-order valence-electron chi connectivity index (χ0n) is 14.1. The summed E-state index contributed by atoms with van der Waals surface area (Å²) in [5.41, 5.74) is 0.542. The Bertz CT molecular complexity index is 961. The van der Waals surface area contributed by atoms with Gasteiger partial charge in [0.25, 0.3) is 5.91 Å². The number of nitrogens with zero attached hydrogens (tertiary/aromatic N) is 1. The van der Waals surface area contributed by atoms with Crippen molar-refractivity contribution in [3.8, 4) is 5.75 Å². The molecule has 138 valence electrons. The maximum atomic E-state index is 13.7. The van der Waals surface area contributed by atoms with Gasteiger partial charge in [0.15, 0.2) is 0 Å². The number of benzene rings is 2. The predicted molar refractivity (Wildman–Crippen MR) is 99.8 cm³/mol. The number of aromatic nitrogens is 1. The van der Waals surface area contributed by atoms with Gasteiger partial charge in [-0.1, -0.05) is 17.7 Å². The lowest BCUT2D eigenvalue weighted by Crippen LogP contribution is -2.14. The first kappa shape index (κ1) is 18.6. The molecule has 0 aliphatic carbocycles. The molecular formula is C19H14ClF2N3O2. The Labute approximate surface area is 159 Å². The summed E-state index contributed by atoms with van der Waals surface area (Å²) in [6, 6.07) is 11.3. The van der Waals surface area contributed by atoms with E-state index in [1.54, 1.807) is 18.2 Å². The summed E-state index contributed by atoms with van der Waals surface area (Å²) in [5, 5.41) is 5.69. The third-order valence-corrected chi connectivity index (χ3v) is 3.87. The quantitative estimate of drug-likeness (QED) is 0.643. The van der Waals surface area contributed by atoms with Crippen LogP contribution in [-0.2, 0) is 0 Å². The Kier molecular flexibility index (Phi) is 5.52. The van der Waals surface area contributed by atoms with Gasteiger partial charge in [0.05, 0.1) is 24.7 Å². The average Bonchev–Trinajstić information content (AvgIpc) is 2.65. The summed E-state index contributed by atoms with van der Waals surface area (Å²) in [7, 11) is 1.47. The number of para-hydroxylation sites is 1. The molecule has 0 unspecified atom stereocenters. The average molecular weight is 390 g/mol. The maximum Gasteiger partial charge on any atom is 0.274 e. The van der Waals surface area contributed by atoms with Crippen LogP contribution in [0.1, 0.15) is 10.5 Å². The van der Waals surface area contributed by atoms with E-state index in [1.807, 2.05) is 0 Å². The van der Waals surface area contributed by atoms with Crippen LogP contribution in [0.4, 0.5) is 25.8 Å². The van der Waals surface area contributed by atoms with E-state index in [0.29, 0.717) is 22.1 Å². The van der Waals surface area contributed by atoms with Crippen LogP contribution in [0, 0.1) is 11.6 Å². The minimum atomic E-state index is -0.732. The smallest absolute Gasteiger partial charge is 0.274 e. The molecule has 3 rings (SSSR count). The molecule has 0 fully saturated rings. The number of methoxy groups -OCH3 is 1. The van der Waals surface area contributed by atoms with E-state index >= 15 is 0 Å². The van der Waals surface area contributed by atoms with E-state index in [-0.39, 0.29) is 11.4 Å². The second kappa shape index (κ2) is 8.01. The molecule has 3 aromatic rings. The fourth-order valence-electron chi connectivity index (χ4n) is 2.33. The molecule has 1 amide bonds. The Morgan fingerprint density at radius 1 is 1.11 bits per heavy atom. The fraction of sp³-hybridized carbons (Fsp3) is 0.0526. The first-order valence-corrected chi connectivity index (χ1v) is 8.17. The highest BCUT2D eigenvalue weighted by Gasteiger charge is 2.13. The summed E-state index contributed by atoms with van der Waals surface area (Å²) in [4.78, 5) is 16.4. The fourth-order valence-corrected chi connectivity index (χ4v) is 2.50. The Balaban J connectivity index is 1.75. The molecule has 0 saturated carbocycles. The number of anilines is 3. The molecule has 0 radical (unpaired) electrons. The van der Waals surface area contributed by atoms with Crippen molar-refractivity contribution in [1.82, 2.24) is 4.98 Å². The summed E-state index contributed by atoms with van der Waals surface area (Å²) < 4.78 is 32.5. The number of halogens is 3. The van der Waals surface area contributed by atoms with Gasteiger partial charge >= 0.3 is 0 Å². The molecule has 0 atom stereocenters. The van der Waals surface area contributed by atoms with Crippen LogP contribution >= 0.6 is 11.6 Å². The van der Waals surface area contributed by atoms with Crippen molar-refractivity contribution in [2.75, 3.05) is 17.7 Å². The highest BCUT2D eigenvalue weighted by molar-refractivity contribution is 6.31. The van der Waals surface area contributed by atoms with Crippen molar-refractivity contribution in [3.63, 3.8) is 0 Å². The Hall–Kier alpha value is -3.19. The van der Waals surface area contributed by atoms with E-state index in [2.05, 4.69) is 15.6 Å². The van der Waals surface area contributed by atoms with Gasteiger partial charge < -0.3 is 15.4 Å². The van der Waals surface area contributed by atoms with Crippen molar-refractivity contribution >= 4 is 34.6 Å². The van der Waals surface area contributed by atoms with Gasteiger partial charge in [0, 0.05) is 5.02 Å². The maximum absolute atomic E-state index is 13.7. The van der Waals surface area contributed by atoms with Crippen LogP contribution in [0.2, 0.25) is 5.02 Å². The van der Waals surface area contributed by atoms with Crippen LogP contribution in [0.25, 0.3) is 0 Å². The van der Waals surface area contributed by atoms with Crippen molar-refractivity contribution < 1.29 is 18.3 Å². The third kappa shape index (κ3) is 4.32. The van der Waals surface area contributed by atoms with Crippen molar-refractivity contribution in [3.05, 3.63) is 77.1 Å². The SMILES string of the molecule is COc1ccc(Cl)cc1NC(=O)c1ccc(Nc2c(F)cccc2F)cn1. The highest BCUT2D eigenvalue weighted by atomic mass is 35.5. The molecule has 0 saturated heterocycles. The molecule has 0 spiro atoms. The highest BCUT2D eigenvalue weighted by Crippen LogP contribution is 2.28. The summed E-state index contributed by atoms with van der Waals surface area (Å²) in [5.74, 6) is -1.50. The van der Waals surface area contributed by atoms with Gasteiger partial charge in [0.1, 0.15) is 28.8 Å². The predicted octanol–water partition coefficient (Wildman–Crippen LogP) is 5.02. The molecule has 27 heavy (non-hydrogen) atoms. The molecular weight excluding hydrogens is 376 g/mol. The largest absolute Gasteiger partial charge is 0.495 e. The zero-order valence-corrected chi connectivity index (χ0v) is 14.8. The van der Waals surface area contributed by atoms with Crippen LogP contribution in [-0.4, -0.2) is 18.0 Å². The van der Waals surface area contributed by atoms with Crippen LogP contribution in [0.3, 0.4) is 0 Å². The number of nitrogens with one attached hydrogen (secondary N) is 2. The minimum absolute atomic E-state index is 0.108. The van der Waals surface area contributed by atoms with Gasteiger partial charge in [0.2, 0.25) is 0 Å². The topological polar surface area (TPSA) is 63.2 Å². The number of hydrogen-bond acceptors (Lipinski definition) is 4. The molecule has 0 bridgehead atoms. The van der Waals surface area contributed by atoms with Gasteiger partial charge in [-0.3, -0.25) is 4.79 Å².